The van der Waals surface area contributed by atoms with Gasteiger partial charge in [0.05, 0.1) is 6.54 Å². The van der Waals surface area contributed by atoms with Crippen LogP contribution in [-0.2, 0) is 14.4 Å². The van der Waals surface area contributed by atoms with Gasteiger partial charge in [0, 0.05) is 12.2 Å². The number of hydrogen-bond acceptors (Lipinski definition) is 4. The van der Waals surface area contributed by atoms with E-state index < -0.39 is 17.7 Å². The number of hydrogen-bond donors (Lipinski definition) is 4. The van der Waals surface area contributed by atoms with Crippen LogP contribution in [0.3, 0.4) is 0 Å². The highest BCUT2D eigenvalue weighted by Crippen LogP contribution is 2.13. The van der Waals surface area contributed by atoms with Crippen LogP contribution in [0.2, 0.25) is 0 Å². The van der Waals surface area contributed by atoms with E-state index in [4.69, 9.17) is 5.11 Å². The van der Waals surface area contributed by atoms with E-state index in [9.17, 15) is 14.4 Å². The minimum Gasteiger partial charge on any atom is -0.508 e. The molecule has 3 amide bonds. The van der Waals surface area contributed by atoms with Gasteiger partial charge >= 0.3 is 11.8 Å². The van der Waals surface area contributed by atoms with Crippen LogP contribution in [0.1, 0.15) is 6.92 Å². The van der Waals surface area contributed by atoms with Crippen molar-refractivity contribution < 1.29 is 19.5 Å². The average Bonchev–Trinajstić information content (AvgIpc) is 2.39. The van der Waals surface area contributed by atoms with Gasteiger partial charge in [0.1, 0.15) is 5.75 Å². The van der Waals surface area contributed by atoms with E-state index >= 15 is 0 Å². The summed E-state index contributed by atoms with van der Waals surface area (Å²) in [7, 11) is 0. The van der Waals surface area contributed by atoms with Crippen molar-refractivity contribution in [1.29, 1.82) is 0 Å². The molecule has 0 spiro atoms. The Morgan fingerprint density at radius 2 is 1.63 bits per heavy atom. The Kier molecular flexibility index (Phi) is 5.34. The van der Waals surface area contributed by atoms with Crippen molar-refractivity contribution in [3.63, 3.8) is 0 Å². The molecule has 1 aromatic rings. The van der Waals surface area contributed by atoms with Crippen LogP contribution in [0.15, 0.2) is 24.3 Å². The van der Waals surface area contributed by atoms with Crippen LogP contribution in [0.25, 0.3) is 0 Å². The number of carbonyl (C=O) groups excluding carboxylic acids is 3. The van der Waals surface area contributed by atoms with Gasteiger partial charge in [-0.2, -0.15) is 0 Å². The first-order valence-corrected chi connectivity index (χ1v) is 5.68. The molecule has 0 unspecified atom stereocenters. The quantitative estimate of drug-likeness (QED) is 0.438. The van der Waals surface area contributed by atoms with Gasteiger partial charge in [0.25, 0.3) is 0 Å². The first kappa shape index (κ1) is 14.5. The van der Waals surface area contributed by atoms with Crippen LogP contribution in [0.5, 0.6) is 5.75 Å². The number of anilines is 1. The minimum absolute atomic E-state index is 0.0857. The molecule has 4 N–H and O–H groups in total. The summed E-state index contributed by atoms with van der Waals surface area (Å²) in [5, 5.41) is 16.1. The fourth-order valence-electron chi connectivity index (χ4n) is 1.23. The molecule has 7 heteroatoms. The Morgan fingerprint density at radius 1 is 1.05 bits per heavy atom. The minimum atomic E-state index is -0.859. The normalized spacial score (nSPS) is 9.53. The predicted octanol–water partition coefficient (Wildman–Crippen LogP) is -0.417. The Labute approximate surface area is 110 Å². The molecule has 0 bridgehead atoms. The summed E-state index contributed by atoms with van der Waals surface area (Å²) in [5.41, 5.74) is 0.482. The van der Waals surface area contributed by atoms with Crippen LogP contribution < -0.4 is 16.0 Å². The van der Waals surface area contributed by atoms with Gasteiger partial charge in [-0.15, -0.1) is 0 Å². The summed E-state index contributed by atoms with van der Waals surface area (Å²) >= 11 is 0. The molecule has 0 aromatic heterocycles. The topological polar surface area (TPSA) is 108 Å². The summed E-state index contributed by atoms with van der Waals surface area (Å²) in [4.78, 5) is 33.7. The van der Waals surface area contributed by atoms with Crippen molar-refractivity contribution in [3.8, 4) is 5.75 Å². The molecule has 0 aliphatic rings. The second kappa shape index (κ2) is 7.00. The number of benzene rings is 1. The zero-order valence-corrected chi connectivity index (χ0v) is 10.4. The maximum absolute atomic E-state index is 11.5. The second-order valence-electron chi connectivity index (χ2n) is 3.64. The van der Waals surface area contributed by atoms with E-state index in [1.807, 2.05) is 0 Å². The smallest absolute Gasteiger partial charge is 0.309 e. The highest BCUT2D eigenvalue weighted by atomic mass is 16.3. The molecule has 0 fully saturated rings. The second-order valence-corrected chi connectivity index (χ2v) is 3.64. The molecule has 1 rings (SSSR count). The number of amides is 3. The van der Waals surface area contributed by atoms with Gasteiger partial charge in [-0.05, 0) is 31.2 Å². The molecule has 0 atom stereocenters. The van der Waals surface area contributed by atoms with Crippen molar-refractivity contribution in [2.75, 3.05) is 18.4 Å². The summed E-state index contributed by atoms with van der Waals surface area (Å²) < 4.78 is 0. The molecule has 102 valence electrons. The van der Waals surface area contributed by atoms with Crippen molar-refractivity contribution in [1.82, 2.24) is 10.6 Å². The van der Waals surface area contributed by atoms with E-state index in [0.717, 1.165) is 0 Å². The van der Waals surface area contributed by atoms with Gasteiger partial charge in [-0.1, -0.05) is 0 Å². The van der Waals surface area contributed by atoms with E-state index in [1.165, 1.54) is 24.3 Å². The van der Waals surface area contributed by atoms with Crippen LogP contribution in [-0.4, -0.2) is 35.9 Å². The standard InChI is InChI=1S/C12H15N3O4/c1-2-13-11(18)12(19)14-7-10(17)15-8-3-5-9(16)6-4-8/h3-6,16H,2,7H2,1H3,(H,13,18)(H,14,19)(H,15,17). The third-order valence-electron chi connectivity index (χ3n) is 2.10. The summed E-state index contributed by atoms with van der Waals surface area (Å²) in [6, 6.07) is 5.86. The third-order valence-corrected chi connectivity index (χ3v) is 2.10. The fraction of sp³-hybridized carbons (Fsp3) is 0.250. The van der Waals surface area contributed by atoms with Gasteiger partial charge in [0.15, 0.2) is 0 Å². The molecule has 0 aliphatic heterocycles. The summed E-state index contributed by atoms with van der Waals surface area (Å²) in [6.07, 6.45) is 0. The number of aromatic hydroxyl groups is 1. The number of likely N-dealkylation sites (N-methyl/N-ethyl adjacent to an activating group) is 1. The number of nitrogens with one attached hydrogen (secondary N) is 3. The maximum Gasteiger partial charge on any atom is 0.309 e. The highest BCUT2D eigenvalue weighted by molar-refractivity contribution is 6.35. The van der Waals surface area contributed by atoms with Gasteiger partial charge < -0.3 is 21.1 Å². The largest absolute Gasteiger partial charge is 0.508 e. The van der Waals surface area contributed by atoms with E-state index in [2.05, 4.69) is 16.0 Å². The molecule has 0 radical (unpaired) electrons. The number of rotatable bonds is 4. The Balaban J connectivity index is 2.37. The average molecular weight is 265 g/mol. The van der Waals surface area contributed by atoms with Crippen LogP contribution in [0.4, 0.5) is 5.69 Å². The maximum atomic E-state index is 11.5. The monoisotopic (exact) mass is 265 g/mol. The van der Waals surface area contributed by atoms with Gasteiger partial charge in [0.2, 0.25) is 5.91 Å². The van der Waals surface area contributed by atoms with Gasteiger partial charge in [-0.25, -0.2) is 0 Å². The lowest BCUT2D eigenvalue weighted by molar-refractivity contribution is -0.139. The van der Waals surface area contributed by atoms with Crippen LogP contribution in [0, 0.1) is 0 Å². The van der Waals surface area contributed by atoms with Crippen molar-refractivity contribution in [2.24, 2.45) is 0 Å². The van der Waals surface area contributed by atoms with E-state index in [1.54, 1.807) is 6.92 Å². The Morgan fingerprint density at radius 3 is 2.21 bits per heavy atom. The zero-order chi connectivity index (χ0) is 14.3. The summed E-state index contributed by atoms with van der Waals surface area (Å²) in [6.45, 7) is 1.71. The third kappa shape index (κ3) is 5.07. The predicted molar refractivity (Wildman–Crippen MR) is 68.4 cm³/mol. The first-order chi connectivity index (χ1) is 9.02. The number of carbonyl (C=O) groups is 3. The van der Waals surface area contributed by atoms with Crippen molar-refractivity contribution >= 4 is 23.4 Å². The van der Waals surface area contributed by atoms with Crippen LogP contribution >= 0.6 is 0 Å². The number of phenols is 1. The SMILES string of the molecule is CCNC(=O)C(=O)NCC(=O)Nc1ccc(O)cc1. The highest BCUT2D eigenvalue weighted by Gasteiger charge is 2.13. The lowest BCUT2D eigenvalue weighted by Gasteiger charge is -2.06. The molecular weight excluding hydrogens is 250 g/mol. The lowest BCUT2D eigenvalue weighted by Crippen LogP contribution is -2.42. The van der Waals surface area contributed by atoms with E-state index in [0.29, 0.717) is 12.2 Å². The zero-order valence-electron chi connectivity index (χ0n) is 10.4. The van der Waals surface area contributed by atoms with E-state index in [-0.39, 0.29) is 12.3 Å². The Bertz CT molecular complexity index is 470. The molecule has 1 aromatic carbocycles. The van der Waals surface area contributed by atoms with Crippen molar-refractivity contribution in [3.05, 3.63) is 24.3 Å². The molecule has 19 heavy (non-hydrogen) atoms. The molecular formula is C12H15N3O4. The van der Waals surface area contributed by atoms with Gasteiger partial charge in [-0.3, -0.25) is 14.4 Å². The lowest BCUT2D eigenvalue weighted by atomic mass is 10.3. The molecule has 7 nitrogen and oxygen atoms in total. The molecule has 0 saturated heterocycles. The first-order valence-electron chi connectivity index (χ1n) is 5.68. The van der Waals surface area contributed by atoms with Crippen molar-refractivity contribution in [2.45, 2.75) is 6.92 Å². The molecule has 0 saturated carbocycles. The fourth-order valence-corrected chi connectivity index (χ4v) is 1.23. The summed E-state index contributed by atoms with van der Waals surface area (Å²) in [5.74, 6) is -2.02. The number of phenolic OH excluding ortho intramolecular Hbond substituents is 1. The Hall–Kier alpha value is -2.57. The molecule has 0 heterocycles. The molecule has 0 aliphatic carbocycles.